The summed E-state index contributed by atoms with van der Waals surface area (Å²) in [6.07, 6.45) is 3.37. The molecule has 142 valence electrons. The Labute approximate surface area is 174 Å². The summed E-state index contributed by atoms with van der Waals surface area (Å²) in [7, 11) is 0. The number of pyridine rings is 1. The monoisotopic (exact) mass is 437 g/mol. The number of aromatic nitrogens is 1. The number of hydrogen-bond donors (Lipinski definition) is 2. The van der Waals surface area contributed by atoms with Crippen LogP contribution in [0.2, 0.25) is 10.0 Å². The maximum atomic E-state index is 12.2. The number of benzene rings is 1. The summed E-state index contributed by atoms with van der Waals surface area (Å²) in [5, 5.41) is 7.03. The predicted octanol–water partition coefficient (Wildman–Crippen LogP) is 4.51. The van der Waals surface area contributed by atoms with Crippen molar-refractivity contribution in [1.82, 2.24) is 15.6 Å². The van der Waals surface area contributed by atoms with Crippen molar-refractivity contribution in [3.8, 4) is 11.6 Å². The van der Waals surface area contributed by atoms with Crippen LogP contribution < -0.4 is 15.4 Å². The molecule has 1 aromatic heterocycles. The molecule has 5 nitrogen and oxygen atoms in total. The third-order valence-corrected chi connectivity index (χ3v) is 4.61. The zero-order chi connectivity index (χ0) is 16.9. The van der Waals surface area contributed by atoms with Gasteiger partial charge in [-0.3, -0.25) is 4.79 Å². The lowest BCUT2D eigenvalue weighted by atomic mass is 10.1. The molecule has 1 fully saturated rings. The van der Waals surface area contributed by atoms with Crippen molar-refractivity contribution < 1.29 is 9.53 Å². The molecule has 0 unspecified atom stereocenters. The molecule has 2 aromatic rings. The van der Waals surface area contributed by atoms with E-state index in [4.69, 9.17) is 27.9 Å². The van der Waals surface area contributed by atoms with Crippen molar-refractivity contribution in [1.29, 1.82) is 0 Å². The van der Waals surface area contributed by atoms with Gasteiger partial charge in [0.15, 0.2) is 0 Å². The molecule has 1 aliphatic rings. The minimum atomic E-state index is -0.123. The molecule has 1 aromatic carbocycles. The number of nitrogens with zero attached hydrogens (tertiary/aromatic N) is 1. The normalized spacial score (nSPS) is 13.9. The molecule has 9 heteroatoms. The van der Waals surface area contributed by atoms with Gasteiger partial charge in [-0.05, 0) is 44.1 Å². The average Bonchev–Trinajstić information content (AvgIpc) is 2.60. The Kier molecular flexibility index (Phi) is 9.47. The highest BCUT2D eigenvalue weighted by Crippen LogP contribution is 2.33. The molecule has 0 radical (unpaired) electrons. The van der Waals surface area contributed by atoms with Gasteiger partial charge in [0.05, 0.1) is 10.6 Å². The lowest BCUT2D eigenvalue weighted by Gasteiger charge is -2.23. The van der Waals surface area contributed by atoms with Gasteiger partial charge in [-0.15, -0.1) is 24.8 Å². The quantitative estimate of drug-likeness (QED) is 0.737. The van der Waals surface area contributed by atoms with Gasteiger partial charge in [-0.25, -0.2) is 4.98 Å². The Morgan fingerprint density at radius 2 is 1.88 bits per heavy atom. The standard InChI is InChI=1S/C17H17Cl2N3O2.2ClH/c18-13-2-1-3-14(16(13)19)24-15-5-4-11(10-21-15)17(23)22-12-6-8-20-9-7-12;;/h1-5,10,12,20H,6-9H2,(H,22,23);2*1H. The Morgan fingerprint density at radius 3 is 2.54 bits per heavy atom. The Balaban J connectivity index is 0.00000169. The zero-order valence-corrected chi connectivity index (χ0v) is 16.9. The number of carbonyl (C=O) groups is 1. The highest BCUT2D eigenvalue weighted by molar-refractivity contribution is 6.42. The van der Waals surface area contributed by atoms with Crippen molar-refractivity contribution in [3.05, 3.63) is 52.1 Å². The van der Waals surface area contributed by atoms with E-state index in [-0.39, 0.29) is 36.8 Å². The van der Waals surface area contributed by atoms with Crippen molar-refractivity contribution in [2.24, 2.45) is 0 Å². The predicted molar refractivity (Wildman–Crippen MR) is 109 cm³/mol. The Morgan fingerprint density at radius 1 is 1.15 bits per heavy atom. The molecule has 0 saturated carbocycles. The number of ether oxygens (including phenoxy) is 1. The van der Waals surface area contributed by atoms with Crippen LogP contribution in [-0.2, 0) is 0 Å². The SMILES string of the molecule is Cl.Cl.O=C(NC1CCNCC1)c1ccc(Oc2cccc(Cl)c2Cl)nc1. The molecule has 26 heavy (non-hydrogen) atoms. The summed E-state index contributed by atoms with van der Waals surface area (Å²) < 4.78 is 5.61. The molecular formula is C17H19Cl4N3O2. The molecule has 2 N–H and O–H groups in total. The van der Waals surface area contributed by atoms with Gasteiger partial charge >= 0.3 is 0 Å². The number of carbonyl (C=O) groups excluding carboxylic acids is 1. The largest absolute Gasteiger partial charge is 0.437 e. The fourth-order valence-corrected chi connectivity index (χ4v) is 2.82. The molecule has 1 amide bonds. The molecule has 0 aliphatic carbocycles. The van der Waals surface area contributed by atoms with Crippen LogP contribution in [0.1, 0.15) is 23.2 Å². The first kappa shape index (κ1) is 22.8. The van der Waals surface area contributed by atoms with Gasteiger partial charge in [0.2, 0.25) is 5.88 Å². The molecule has 0 atom stereocenters. The van der Waals surface area contributed by atoms with Crippen LogP contribution in [0, 0.1) is 0 Å². The van der Waals surface area contributed by atoms with Crippen LogP contribution in [0.4, 0.5) is 0 Å². The third-order valence-electron chi connectivity index (χ3n) is 3.80. The highest BCUT2D eigenvalue weighted by Gasteiger charge is 2.16. The average molecular weight is 439 g/mol. The molecular weight excluding hydrogens is 420 g/mol. The summed E-state index contributed by atoms with van der Waals surface area (Å²) in [5.74, 6) is 0.642. The van der Waals surface area contributed by atoms with Gasteiger partial charge in [0, 0.05) is 18.3 Å². The maximum absolute atomic E-state index is 12.2. The van der Waals surface area contributed by atoms with E-state index in [0.717, 1.165) is 25.9 Å². The maximum Gasteiger partial charge on any atom is 0.253 e. The second-order valence-corrected chi connectivity index (χ2v) is 6.32. The number of hydrogen-bond acceptors (Lipinski definition) is 4. The van der Waals surface area contributed by atoms with E-state index < -0.39 is 0 Å². The number of halogens is 4. The van der Waals surface area contributed by atoms with Gasteiger partial charge in [0.25, 0.3) is 5.91 Å². The second kappa shape index (κ2) is 10.8. The highest BCUT2D eigenvalue weighted by atomic mass is 35.5. The molecule has 0 bridgehead atoms. The molecule has 2 heterocycles. The smallest absolute Gasteiger partial charge is 0.253 e. The first-order chi connectivity index (χ1) is 11.6. The Bertz CT molecular complexity index is 722. The number of amides is 1. The van der Waals surface area contributed by atoms with Gasteiger partial charge in [-0.1, -0.05) is 29.3 Å². The van der Waals surface area contributed by atoms with Crippen molar-refractivity contribution in [2.45, 2.75) is 18.9 Å². The van der Waals surface area contributed by atoms with Crippen molar-refractivity contribution in [3.63, 3.8) is 0 Å². The molecule has 1 aliphatic heterocycles. The van der Waals surface area contributed by atoms with Gasteiger partial charge in [-0.2, -0.15) is 0 Å². The summed E-state index contributed by atoms with van der Waals surface area (Å²) in [6.45, 7) is 1.85. The van der Waals surface area contributed by atoms with Crippen LogP contribution in [0.3, 0.4) is 0 Å². The fraction of sp³-hybridized carbons (Fsp3) is 0.294. The molecule has 3 rings (SSSR count). The topological polar surface area (TPSA) is 63.2 Å². The summed E-state index contributed by atoms with van der Waals surface area (Å²) in [4.78, 5) is 16.4. The number of piperidine rings is 1. The van der Waals surface area contributed by atoms with E-state index in [9.17, 15) is 4.79 Å². The minimum absolute atomic E-state index is 0. The van der Waals surface area contributed by atoms with E-state index in [1.165, 1.54) is 6.20 Å². The lowest BCUT2D eigenvalue weighted by molar-refractivity contribution is 0.0929. The number of rotatable bonds is 4. The van der Waals surface area contributed by atoms with E-state index in [0.29, 0.717) is 27.2 Å². The second-order valence-electron chi connectivity index (χ2n) is 5.54. The van der Waals surface area contributed by atoms with Gasteiger partial charge in [0.1, 0.15) is 10.8 Å². The molecule has 0 spiro atoms. The number of nitrogens with one attached hydrogen (secondary N) is 2. The summed E-state index contributed by atoms with van der Waals surface area (Å²) in [6, 6.07) is 8.64. The van der Waals surface area contributed by atoms with Crippen molar-refractivity contribution in [2.75, 3.05) is 13.1 Å². The summed E-state index contributed by atoms with van der Waals surface area (Å²) in [5.41, 5.74) is 0.498. The van der Waals surface area contributed by atoms with E-state index in [1.807, 2.05) is 0 Å². The Hall–Kier alpha value is -1.24. The molecule has 1 saturated heterocycles. The first-order valence-corrected chi connectivity index (χ1v) is 8.48. The lowest BCUT2D eigenvalue weighted by Crippen LogP contribution is -2.42. The summed E-state index contributed by atoms with van der Waals surface area (Å²) >= 11 is 12.0. The van der Waals surface area contributed by atoms with Crippen molar-refractivity contribution >= 4 is 53.9 Å². The zero-order valence-electron chi connectivity index (χ0n) is 13.7. The van der Waals surface area contributed by atoms with E-state index in [2.05, 4.69) is 15.6 Å². The fourth-order valence-electron chi connectivity index (χ4n) is 2.49. The minimum Gasteiger partial charge on any atom is -0.437 e. The van der Waals surface area contributed by atoms with Crippen LogP contribution in [0.5, 0.6) is 11.6 Å². The van der Waals surface area contributed by atoms with Gasteiger partial charge < -0.3 is 15.4 Å². The van der Waals surface area contributed by atoms with E-state index in [1.54, 1.807) is 30.3 Å². The van der Waals surface area contributed by atoms with E-state index >= 15 is 0 Å². The first-order valence-electron chi connectivity index (χ1n) is 7.73. The van der Waals surface area contributed by atoms with Crippen LogP contribution in [0.25, 0.3) is 0 Å². The van der Waals surface area contributed by atoms with Crippen LogP contribution in [0.15, 0.2) is 36.5 Å². The van der Waals surface area contributed by atoms with Crippen LogP contribution >= 0.6 is 48.0 Å². The van der Waals surface area contributed by atoms with Crippen LogP contribution in [-0.4, -0.2) is 30.0 Å². The third kappa shape index (κ3) is 5.89.